The molecule has 1 aliphatic heterocycles. The number of allylic oxidation sites excluding steroid dienone is 1. The molecular formula is C20H14F2N2O3S2. The van der Waals surface area contributed by atoms with E-state index >= 15 is 0 Å². The van der Waals surface area contributed by atoms with Crippen LogP contribution in [0.5, 0.6) is 0 Å². The van der Waals surface area contributed by atoms with Crippen molar-refractivity contribution in [3.05, 3.63) is 93.2 Å². The number of sulfonamides is 1. The highest BCUT2D eigenvalue weighted by atomic mass is 32.2. The first-order valence-corrected chi connectivity index (χ1v) is 10.8. The largest absolute Gasteiger partial charge is 0.360 e. The van der Waals surface area contributed by atoms with Gasteiger partial charge in [-0.2, -0.15) is 0 Å². The van der Waals surface area contributed by atoms with Gasteiger partial charge in [0.05, 0.1) is 12.2 Å². The summed E-state index contributed by atoms with van der Waals surface area (Å²) in [6.45, 7) is 0.0582. The number of Topliss-reactive ketones (excluding diaryl/α,β-unsaturated/α-hetero) is 1. The number of thiophene rings is 1. The fraction of sp³-hybridized carbons (Fsp3) is 0.0500. The van der Waals surface area contributed by atoms with Gasteiger partial charge in [-0.1, -0.05) is 30.3 Å². The molecular weight excluding hydrogens is 418 g/mol. The maximum Gasteiger partial charge on any atom is 0.270 e. The molecule has 2 aromatic carbocycles. The third-order valence-corrected chi connectivity index (χ3v) is 7.04. The van der Waals surface area contributed by atoms with E-state index in [2.05, 4.69) is 5.32 Å². The van der Waals surface area contributed by atoms with Crippen molar-refractivity contribution in [2.45, 2.75) is 6.54 Å². The van der Waals surface area contributed by atoms with Crippen molar-refractivity contribution < 1.29 is 22.0 Å². The smallest absolute Gasteiger partial charge is 0.270 e. The van der Waals surface area contributed by atoms with Gasteiger partial charge in [0.25, 0.3) is 10.0 Å². The van der Waals surface area contributed by atoms with Crippen LogP contribution in [0.25, 0.3) is 0 Å². The first kappa shape index (κ1) is 19.3. The Kier molecular flexibility index (Phi) is 4.93. The Morgan fingerprint density at radius 1 is 1.03 bits per heavy atom. The number of ketones is 1. The van der Waals surface area contributed by atoms with Crippen molar-refractivity contribution >= 4 is 38.5 Å². The first-order valence-electron chi connectivity index (χ1n) is 8.48. The van der Waals surface area contributed by atoms with Gasteiger partial charge < -0.3 is 5.32 Å². The highest BCUT2D eigenvalue weighted by Crippen LogP contribution is 2.39. The lowest BCUT2D eigenvalue weighted by molar-refractivity contribution is 0.104. The van der Waals surface area contributed by atoms with Crippen LogP contribution in [0.3, 0.4) is 0 Å². The summed E-state index contributed by atoms with van der Waals surface area (Å²) in [6, 6.07) is 13.6. The van der Waals surface area contributed by atoms with Gasteiger partial charge in [0.1, 0.15) is 4.88 Å². The third-order valence-electron chi connectivity index (χ3n) is 4.37. The fourth-order valence-corrected chi connectivity index (χ4v) is 5.42. The predicted octanol–water partition coefficient (Wildman–Crippen LogP) is 4.51. The van der Waals surface area contributed by atoms with E-state index in [1.54, 1.807) is 35.7 Å². The Hall–Kier alpha value is -3.04. The highest BCUT2D eigenvalue weighted by molar-refractivity contribution is 7.97. The van der Waals surface area contributed by atoms with Crippen LogP contribution in [0.15, 0.2) is 71.1 Å². The average molecular weight is 432 g/mol. The summed E-state index contributed by atoms with van der Waals surface area (Å²) in [7, 11) is -4.16. The number of rotatable bonds is 4. The number of nitrogens with zero attached hydrogens (tertiary/aromatic N) is 1. The predicted molar refractivity (Wildman–Crippen MR) is 108 cm³/mol. The van der Waals surface area contributed by atoms with Gasteiger partial charge >= 0.3 is 0 Å². The second kappa shape index (κ2) is 7.41. The molecule has 2 heterocycles. The number of anilines is 2. The summed E-state index contributed by atoms with van der Waals surface area (Å²) < 4.78 is 54.1. The molecule has 1 aliphatic rings. The molecule has 0 radical (unpaired) electrons. The maximum absolute atomic E-state index is 13.4. The minimum atomic E-state index is -4.16. The Bertz CT molecular complexity index is 1220. The van der Waals surface area contributed by atoms with E-state index in [0.717, 1.165) is 35.2 Å². The summed E-state index contributed by atoms with van der Waals surface area (Å²) >= 11 is 1.14. The Morgan fingerprint density at radius 3 is 2.52 bits per heavy atom. The molecule has 29 heavy (non-hydrogen) atoms. The lowest BCUT2D eigenvalue weighted by atomic mass is 10.2. The maximum atomic E-state index is 13.4. The zero-order chi connectivity index (χ0) is 20.6. The van der Waals surface area contributed by atoms with Gasteiger partial charge in [0.2, 0.25) is 5.78 Å². The van der Waals surface area contributed by atoms with Crippen molar-refractivity contribution in [1.29, 1.82) is 0 Å². The molecule has 3 aromatic rings. The number of hydrogen-bond donors (Lipinski definition) is 1. The summed E-state index contributed by atoms with van der Waals surface area (Å²) in [5, 5.41) is 4.24. The minimum Gasteiger partial charge on any atom is -0.360 e. The van der Waals surface area contributed by atoms with Crippen molar-refractivity contribution in [3.8, 4) is 0 Å². The van der Waals surface area contributed by atoms with E-state index in [1.807, 2.05) is 6.07 Å². The average Bonchev–Trinajstić information content (AvgIpc) is 3.18. The van der Waals surface area contributed by atoms with Crippen molar-refractivity contribution in [2.75, 3.05) is 9.62 Å². The van der Waals surface area contributed by atoms with Crippen LogP contribution in [-0.4, -0.2) is 14.2 Å². The van der Waals surface area contributed by atoms with Gasteiger partial charge in [-0.05, 0) is 29.1 Å². The molecule has 148 valence electrons. The van der Waals surface area contributed by atoms with Crippen LogP contribution in [-0.2, 0) is 16.6 Å². The zero-order valence-corrected chi connectivity index (χ0v) is 16.4. The molecule has 1 N–H and O–H groups in total. The fourth-order valence-electron chi connectivity index (χ4n) is 2.94. The normalized spacial score (nSPS) is 16.7. The molecule has 0 saturated carbocycles. The number of fused-ring (bicyclic) bond motifs is 1. The molecule has 9 heteroatoms. The molecule has 1 aromatic heterocycles. The number of hydrogen-bond acceptors (Lipinski definition) is 5. The molecule has 0 atom stereocenters. The van der Waals surface area contributed by atoms with E-state index in [4.69, 9.17) is 0 Å². The minimum absolute atomic E-state index is 0.0582. The molecule has 4 rings (SSSR count). The molecule has 0 saturated heterocycles. The molecule has 0 fully saturated rings. The lowest BCUT2D eigenvalue weighted by Crippen LogP contribution is -2.38. The lowest BCUT2D eigenvalue weighted by Gasteiger charge is -2.29. The standard InChI is InChI=1S/C20H14F2N2O3S2/c21-15-7-6-14(10-16(15)22)23-11-18-19(25)20-17(8-9-28-20)24(29(18,26)27)12-13-4-2-1-3-5-13/h1-11,23H,12H2/b18-11-. The second-order valence-corrected chi connectivity index (χ2v) is 8.99. The molecule has 0 bridgehead atoms. The van der Waals surface area contributed by atoms with Crippen LogP contribution in [0.4, 0.5) is 20.2 Å². The number of nitrogens with one attached hydrogen (secondary N) is 1. The molecule has 0 spiro atoms. The number of halogens is 2. The van der Waals surface area contributed by atoms with Gasteiger partial charge in [-0.3, -0.25) is 9.10 Å². The van der Waals surface area contributed by atoms with Crippen molar-refractivity contribution in [1.82, 2.24) is 0 Å². The van der Waals surface area contributed by atoms with Gasteiger partial charge in [-0.25, -0.2) is 17.2 Å². The zero-order valence-electron chi connectivity index (χ0n) is 14.8. The van der Waals surface area contributed by atoms with E-state index in [0.29, 0.717) is 10.6 Å². The number of carbonyl (C=O) groups excluding carboxylic acids is 1. The SMILES string of the molecule is O=C1/C(=C/Nc2ccc(F)c(F)c2)S(=O)(=O)N(Cc2ccccc2)c2ccsc21. The molecule has 0 amide bonds. The second-order valence-electron chi connectivity index (χ2n) is 6.24. The Morgan fingerprint density at radius 2 is 1.79 bits per heavy atom. The van der Waals surface area contributed by atoms with Crippen LogP contribution in [0.1, 0.15) is 15.2 Å². The third kappa shape index (κ3) is 3.54. The molecule has 0 aliphatic carbocycles. The van der Waals surface area contributed by atoms with Crippen molar-refractivity contribution in [3.63, 3.8) is 0 Å². The van der Waals surface area contributed by atoms with Gasteiger partial charge in [0, 0.05) is 18.0 Å². The summed E-state index contributed by atoms with van der Waals surface area (Å²) in [5.41, 5.74) is 1.20. The van der Waals surface area contributed by atoms with Gasteiger partial charge in [0.15, 0.2) is 16.5 Å². The van der Waals surface area contributed by atoms with E-state index in [-0.39, 0.29) is 12.2 Å². The Balaban J connectivity index is 1.74. The topological polar surface area (TPSA) is 66.5 Å². The molecule has 0 unspecified atom stereocenters. The van der Waals surface area contributed by atoms with Crippen LogP contribution in [0, 0.1) is 11.6 Å². The van der Waals surface area contributed by atoms with Crippen LogP contribution >= 0.6 is 11.3 Å². The monoisotopic (exact) mass is 432 g/mol. The molecule has 5 nitrogen and oxygen atoms in total. The summed E-state index contributed by atoms with van der Waals surface area (Å²) in [5.74, 6) is -2.76. The first-order chi connectivity index (χ1) is 13.9. The van der Waals surface area contributed by atoms with Crippen molar-refractivity contribution in [2.24, 2.45) is 0 Å². The van der Waals surface area contributed by atoms with Crippen LogP contribution < -0.4 is 9.62 Å². The van der Waals surface area contributed by atoms with Crippen LogP contribution in [0.2, 0.25) is 0 Å². The van der Waals surface area contributed by atoms with E-state index in [9.17, 15) is 22.0 Å². The van der Waals surface area contributed by atoms with E-state index in [1.165, 1.54) is 10.4 Å². The quantitative estimate of drug-likeness (QED) is 0.616. The highest BCUT2D eigenvalue weighted by Gasteiger charge is 2.41. The number of carbonyl (C=O) groups is 1. The summed E-state index contributed by atoms with van der Waals surface area (Å²) in [6.07, 6.45) is 1.02. The Labute approximate surface area is 170 Å². The number of benzene rings is 2. The summed E-state index contributed by atoms with van der Waals surface area (Å²) in [4.78, 5) is 12.6. The van der Waals surface area contributed by atoms with Gasteiger partial charge in [-0.15, -0.1) is 11.3 Å². The van der Waals surface area contributed by atoms with E-state index < -0.39 is 32.3 Å².